The van der Waals surface area contributed by atoms with Gasteiger partial charge in [-0.25, -0.2) is 0 Å². The van der Waals surface area contributed by atoms with Crippen molar-refractivity contribution in [3.63, 3.8) is 0 Å². The van der Waals surface area contributed by atoms with Crippen LogP contribution in [0.25, 0.3) is 0 Å². The van der Waals surface area contributed by atoms with Crippen LogP contribution in [0.2, 0.25) is 0 Å². The maximum atomic E-state index is 11.4. The summed E-state index contributed by atoms with van der Waals surface area (Å²) < 4.78 is 16.0. The van der Waals surface area contributed by atoms with Crippen molar-refractivity contribution < 1.29 is 19.0 Å². The van der Waals surface area contributed by atoms with Gasteiger partial charge in [0, 0.05) is 11.6 Å². The highest BCUT2D eigenvalue weighted by molar-refractivity contribution is 5.73. The lowest BCUT2D eigenvalue weighted by molar-refractivity contribution is -0.139. The van der Waals surface area contributed by atoms with Crippen molar-refractivity contribution in [1.82, 2.24) is 0 Å². The van der Waals surface area contributed by atoms with Crippen LogP contribution in [0.15, 0.2) is 18.2 Å². The fraction of sp³-hybridized carbons (Fsp3) is 0.533. The molecule has 106 valence electrons. The van der Waals surface area contributed by atoms with Gasteiger partial charge >= 0.3 is 5.97 Å². The predicted octanol–water partition coefficient (Wildman–Crippen LogP) is 2.98. The van der Waals surface area contributed by atoms with Gasteiger partial charge in [0.1, 0.15) is 11.5 Å². The molecule has 0 amide bonds. The Hall–Kier alpha value is -1.71. The molecule has 0 aliphatic rings. The number of carbonyl (C=O) groups excluding carboxylic acids is 1. The van der Waals surface area contributed by atoms with Crippen molar-refractivity contribution in [2.45, 2.75) is 46.3 Å². The lowest BCUT2D eigenvalue weighted by Gasteiger charge is -2.16. The van der Waals surface area contributed by atoms with Gasteiger partial charge in [-0.2, -0.15) is 0 Å². The molecule has 0 aromatic heterocycles. The summed E-state index contributed by atoms with van der Waals surface area (Å²) in [6.07, 6.45) is 0.324. The fourth-order valence-corrected chi connectivity index (χ4v) is 1.62. The molecule has 0 spiro atoms. The normalized spacial score (nSPS) is 10.7. The first-order chi connectivity index (χ1) is 8.92. The zero-order chi connectivity index (χ0) is 14.4. The maximum absolute atomic E-state index is 11.4. The van der Waals surface area contributed by atoms with Crippen LogP contribution in [0, 0.1) is 0 Å². The Bertz CT molecular complexity index is 424. The number of ether oxygens (including phenoxy) is 3. The van der Waals surface area contributed by atoms with Gasteiger partial charge in [0.25, 0.3) is 0 Å². The quantitative estimate of drug-likeness (QED) is 0.742. The number of rotatable bonds is 6. The topological polar surface area (TPSA) is 44.8 Å². The van der Waals surface area contributed by atoms with E-state index in [0.29, 0.717) is 5.75 Å². The molecule has 0 saturated heterocycles. The van der Waals surface area contributed by atoms with E-state index < -0.39 is 0 Å². The maximum Gasteiger partial charge on any atom is 0.310 e. The van der Waals surface area contributed by atoms with Crippen LogP contribution in [0.5, 0.6) is 11.5 Å². The molecule has 0 fully saturated rings. The van der Waals surface area contributed by atoms with Crippen LogP contribution < -0.4 is 9.47 Å². The summed E-state index contributed by atoms with van der Waals surface area (Å²) >= 11 is 0. The summed E-state index contributed by atoms with van der Waals surface area (Å²) in [5.74, 6) is 1.11. The van der Waals surface area contributed by atoms with Crippen LogP contribution in [-0.4, -0.2) is 25.3 Å². The summed E-state index contributed by atoms with van der Waals surface area (Å²) in [5, 5.41) is 0. The van der Waals surface area contributed by atoms with E-state index in [1.54, 1.807) is 0 Å². The molecule has 0 N–H and O–H groups in total. The van der Waals surface area contributed by atoms with Gasteiger partial charge in [0.2, 0.25) is 0 Å². The summed E-state index contributed by atoms with van der Waals surface area (Å²) in [6, 6.07) is 5.50. The lowest BCUT2D eigenvalue weighted by Crippen LogP contribution is -2.12. The summed E-state index contributed by atoms with van der Waals surface area (Å²) in [6.45, 7) is 7.81. The van der Waals surface area contributed by atoms with Gasteiger partial charge in [-0.05, 0) is 33.8 Å². The van der Waals surface area contributed by atoms with E-state index in [-0.39, 0.29) is 24.6 Å². The minimum absolute atomic E-state index is 0.0331. The monoisotopic (exact) mass is 266 g/mol. The standard InChI is InChI=1S/C15H22O4/c1-10(2)18-13-7-6-12(8-15(16)17-5)14(9-13)19-11(3)4/h6-7,9-11H,8H2,1-5H3. The van der Waals surface area contributed by atoms with E-state index >= 15 is 0 Å². The largest absolute Gasteiger partial charge is 0.491 e. The molecule has 0 unspecified atom stereocenters. The first-order valence-electron chi connectivity index (χ1n) is 6.45. The first-order valence-corrected chi connectivity index (χ1v) is 6.45. The summed E-state index contributed by atoms with van der Waals surface area (Å²) in [4.78, 5) is 11.4. The average Bonchev–Trinajstić information content (AvgIpc) is 2.30. The van der Waals surface area contributed by atoms with Gasteiger partial charge in [0.05, 0.1) is 25.7 Å². The third kappa shape index (κ3) is 5.20. The van der Waals surface area contributed by atoms with Crippen LogP contribution in [-0.2, 0) is 16.0 Å². The molecule has 1 aromatic rings. The number of carbonyl (C=O) groups is 1. The SMILES string of the molecule is COC(=O)Cc1ccc(OC(C)C)cc1OC(C)C. The fourth-order valence-electron chi connectivity index (χ4n) is 1.62. The van der Waals surface area contributed by atoms with Crippen molar-refractivity contribution in [2.75, 3.05) is 7.11 Å². The van der Waals surface area contributed by atoms with Gasteiger partial charge in [-0.1, -0.05) is 6.07 Å². The lowest BCUT2D eigenvalue weighted by atomic mass is 10.1. The van der Waals surface area contributed by atoms with E-state index in [2.05, 4.69) is 4.74 Å². The summed E-state index contributed by atoms with van der Waals surface area (Å²) in [5.41, 5.74) is 0.802. The second-order valence-corrected chi connectivity index (χ2v) is 4.86. The van der Waals surface area contributed by atoms with Crippen LogP contribution >= 0.6 is 0 Å². The van der Waals surface area contributed by atoms with Gasteiger partial charge < -0.3 is 14.2 Å². The predicted molar refractivity (Wildman–Crippen MR) is 73.7 cm³/mol. The second-order valence-electron chi connectivity index (χ2n) is 4.86. The zero-order valence-electron chi connectivity index (χ0n) is 12.2. The first kappa shape index (κ1) is 15.3. The number of hydrogen-bond acceptors (Lipinski definition) is 4. The molecule has 0 radical (unpaired) electrons. The minimum atomic E-state index is -0.286. The van der Waals surface area contributed by atoms with E-state index in [9.17, 15) is 4.79 Å². The molecule has 0 heterocycles. The smallest absolute Gasteiger partial charge is 0.310 e. The number of esters is 1. The molecule has 19 heavy (non-hydrogen) atoms. The molecule has 0 saturated carbocycles. The number of benzene rings is 1. The van der Waals surface area contributed by atoms with Crippen molar-refractivity contribution >= 4 is 5.97 Å². The zero-order valence-corrected chi connectivity index (χ0v) is 12.2. The second kappa shape index (κ2) is 7.02. The highest BCUT2D eigenvalue weighted by Crippen LogP contribution is 2.27. The molecule has 1 rings (SSSR count). The Morgan fingerprint density at radius 3 is 2.26 bits per heavy atom. The van der Waals surface area contributed by atoms with Crippen LogP contribution in [0.4, 0.5) is 0 Å². The Labute approximate surface area is 114 Å². The van der Waals surface area contributed by atoms with Gasteiger partial charge in [-0.3, -0.25) is 4.79 Å². The molecule has 4 heteroatoms. The van der Waals surface area contributed by atoms with Crippen molar-refractivity contribution in [1.29, 1.82) is 0 Å². The molecule has 0 aliphatic heterocycles. The molecule has 0 aliphatic carbocycles. The molecule has 4 nitrogen and oxygen atoms in total. The van der Waals surface area contributed by atoms with Crippen molar-refractivity contribution in [2.24, 2.45) is 0 Å². The molecule has 0 atom stereocenters. The van der Waals surface area contributed by atoms with E-state index in [1.165, 1.54) is 7.11 Å². The highest BCUT2D eigenvalue weighted by Gasteiger charge is 2.12. The van der Waals surface area contributed by atoms with Crippen molar-refractivity contribution in [3.05, 3.63) is 23.8 Å². The molecule has 1 aromatic carbocycles. The third-order valence-corrected chi connectivity index (χ3v) is 2.34. The molecule has 0 bridgehead atoms. The third-order valence-electron chi connectivity index (χ3n) is 2.34. The number of methoxy groups -OCH3 is 1. The summed E-state index contributed by atoms with van der Waals surface area (Å²) in [7, 11) is 1.38. The Balaban J connectivity index is 2.98. The Morgan fingerprint density at radius 1 is 1.11 bits per heavy atom. The molecular weight excluding hydrogens is 244 g/mol. The van der Waals surface area contributed by atoms with Crippen LogP contribution in [0.3, 0.4) is 0 Å². The average molecular weight is 266 g/mol. The minimum Gasteiger partial charge on any atom is -0.491 e. The van der Waals surface area contributed by atoms with E-state index in [4.69, 9.17) is 9.47 Å². The van der Waals surface area contributed by atoms with Crippen molar-refractivity contribution in [3.8, 4) is 11.5 Å². The van der Waals surface area contributed by atoms with E-state index in [0.717, 1.165) is 11.3 Å². The van der Waals surface area contributed by atoms with Gasteiger partial charge in [-0.15, -0.1) is 0 Å². The van der Waals surface area contributed by atoms with Crippen LogP contribution in [0.1, 0.15) is 33.3 Å². The van der Waals surface area contributed by atoms with E-state index in [1.807, 2.05) is 45.9 Å². The Kier molecular flexibility index (Phi) is 5.67. The highest BCUT2D eigenvalue weighted by atomic mass is 16.5. The Morgan fingerprint density at radius 2 is 1.74 bits per heavy atom. The molecular formula is C15H22O4. The number of hydrogen-bond donors (Lipinski definition) is 0. The van der Waals surface area contributed by atoms with Gasteiger partial charge in [0.15, 0.2) is 0 Å².